The van der Waals surface area contributed by atoms with Gasteiger partial charge in [0.25, 0.3) is 0 Å². The minimum absolute atomic E-state index is 0.796. The van der Waals surface area contributed by atoms with E-state index in [2.05, 4.69) is 41.5 Å². The van der Waals surface area contributed by atoms with Crippen LogP contribution in [0, 0.1) is 0 Å². The third-order valence-electron chi connectivity index (χ3n) is 2.75. The zero-order valence-corrected chi connectivity index (χ0v) is 11.2. The molecule has 0 saturated carbocycles. The number of hydrogen-bond donors (Lipinski definition) is 1. The van der Waals surface area contributed by atoms with Gasteiger partial charge in [-0.05, 0) is 32.1 Å². The van der Waals surface area contributed by atoms with Crippen molar-refractivity contribution in [3.8, 4) is 0 Å². The van der Waals surface area contributed by atoms with Crippen LogP contribution in [0.3, 0.4) is 0 Å². The van der Waals surface area contributed by atoms with Gasteiger partial charge in [-0.3, -0.25) is 4.90 Å². The number of rotatable bonds is 8. The van der Waals surface area contributed by atoms with Gasteiger partial charge in [0.05, 0.1) is 6.61 Å². The lowest BCUT2D eigenvalue weighted by Gasteiger charge is -2.18. The Labute approximate surface area is 105 Å². The standard InChI is InChI=1S/C14H24N2O/c1-4-17-10-9-16(3)12-14-8-6-5-7-13(14)11-15-2/h5-8,15H,4,9-12H2,1-3H3. The average molecular weight is 236 g/mol. The lowest BCUT2D eigenvalue weighted by molar-refractivity contribution is 0.120. The fourth-order valence-corrected chi connectivity index (χ4v) is 1.81. The van der Waals surface area contributed by atoms with Crippen LogP contribution in [0.1, 0.15) is 18.1 Å². The van der Waals surface area contributed by atoms with Gasteiger partial charge in [-0.15, -0.1) is 0 Å². The molecule has 0 unspecified atom stereocenters. The van der Waals surface area contributed by atoms with Crippen molar-refractivity contribution in [1.82, 2.24) is 10.2 Å². The first-order chi connectivity index (χ1) is 8.27. The monoisotopic (exact) mass is 236 g/mol. The highest BCUT2D eigenvalue weighted by Crippen LogP contribution is 2.10. The Hall–Kier alpha value is -0.900. The van der Waals surface area contributed by atoms with Crippen LogP contribution in [0.5, 0.6) is 0 Å². The van der Waals surface area contributed by atoms with Crippen molar-refractivity contribution in [3.63, 3.8) is 0 Å². The summed E-state index contributed by atoms with van der Waals surface area (Å²) >= 11 is 0. The van der Waals surface area contributed by atoms with E-state index in [0.29, 0.717) is 0 Å². The topological polar surface area (TPSA) is 24.5 Å². The number of likely N-dealkylation sites (N-methyl/N-ethyl adjacent to an activating group) is 1. The number of nitrogens with one attached hydrogen (secondary N) is 1. The van der Waals surface area contributed by atoms with Gasteiger partial charge in [-0.2, -0.15) is 0 Å². The molecule has 0 heterocycles. The summed E-state index contributed by atoms with van der Waals surface area (Å²) in [6.45, 7) is 6.51. The Balaban J connectivity index is 2.48. The fraction of sp³-hybridized carbons (Fsp3) is 0.571. The molecule has 0 atom stereocenters. The molecule has 1 aromatic carbocycles. The van der Waals surface area contributed by atoms with Crippen molar-refractivity contribution >= 4 is 0 Å². The Morgan fingerprint density at radius 3 is 2.59 bits per heavy atom. The van der Waals surface area contributed by atoms with E-state index in [0.717, 1.165) is 32.8 Å². The molecule has 1 N–H and O–H groups in total. The average Bonchev–Trinajstić information content (AvgIpc) is 2.32. The summed E-state index contributed by atoms with van der Waals surface area (Å²) in [6, 6.07) is 8.58. The lowest BCUT2D eigenvalue weighted by atomic mass is 10.1. The summed E-state index contributed by atoms with van der Waals surface area (Å²) in [5, 5.41) is 3.21. The lowest BCUT2D eigenvalue weighted by Crippen LogP contribution is -2.23. The summed E-state index contributed by atoms with van der Waals surface area (Å²) in [6.07, 6.45) is 0. The van der Waals surface area contributed by atoms with Gasteiger partial charge in [0.2, 0.25) is 0 Å². The Bertz CT molecular complexity index is 315. The Kier molecular flexibility index (Phi) is 6.86. The maximum Gasteiger partial charge on any atom is 0.0593 e. The number of nitrogens with zero attached hydrogens (tertiary/aromatic N) is 1. The summed E-state index contributed by atoms with van der Waals surface area (Å²) < 4.78 is 5.37. The zero-order chi connectivity index (χ0) is 12.5. The van der Waals surface area contributed by atoms with E-state index in [-0.39, 0.29) is 0 Å². The molecule has 0 spiro atoms. The number of benzene rings is 1. The van der Waals surface area contributed by atoms with Crippen molar-refractivity contribution in [2.45, 2.75) is 20.0 Å². The van der Waals surface area contributed by atoms with Crippen LogP contribution in [-0.2, 0) is 17.8 Å². The molecule has 0 saturated heterocycles. The summed E-state index contributed by atoms with van der Waals surface area (Å²) in [5.74, 6) is 0. The molecule has 0 aliphatic heterocycles. The second kappa shape index (κ2) is 8.23. The van der Waals surface area contributed by atoms with E-state index in [1.165, 1.54) is 11.1 Å². The molecule has 0 bridgehead atoms. The molecule has 17 heavy (non-hydrogen) atoms. The first-order valence-corrected chi connectivity index (χ1v) is 6.25. The smallest absolute Gasteiger partial charge is 0.0593 e. The largest absolute Gasteiger partial charge is 0.380 e. The normalized spacial score (nSPS) is 11.1. The quantitative estimate of drug-likeness (QED) is 0.697. The molecule has 96 valence electrons. The van der Waals surface area contributed by atoms with E-state index < -0.39 is 0 Å². The molecule has 0 amide bonds. The molecular formula is C14H24N2O. The van der Waals surface area contributed by atoms with Gasteiger partial charge in [0, 0.05) is 26.2 Å². The highest BCUT2D eigenvalue weighted by molar-refractivity contribution is 5.26. The highest BCUT2D eigenvalue weighted by Gasteiger charge is 2.04. The second-order valence-electron chi connectivity index (χ2n) is 4.23. The highest BCUT2D eigenvalue weighted by atomic mass is 16.5. The maximum absolute atomic E-state index is 5.37. The van der Waals surface area contributed by atoms with E-state index in [1.54, 1.807) is 0 Å². The first-order valence-electron chi connectivity index (χ1n) is 6.25. The molecule has 3 nitrogen and oxygen atoms in total. The number of ether oxygens (including phenoxy) is 1. The van der Waals surface area contributed by atoms with E-state index in [9.17, 15) is 0 Å². The third-order valence-corrected chi connectivity index (χ3v) is 2.75. The fourth-order valence-electron chi connectivity index (χ4n) is 1.81. The van der Waals surface area contributed by atoms with Crippen molar-refractivity contribution < 1.29 is 4.74 Å². The molecule has 0 aliphatic carbocycles. The number of hydrogen-bond acceptors (Lipinski definition) is 3. The summed E-state index contributed by atoms with van der Waals surface area (Å²) in [4.78, 5) is 2.30. The minimum atomic E-state index is 0.796. The first kappa shape index (κ1) is 14.2. The van der Waals surface area contributed by atoms with Crippen molar-refractivity contribution in [1.29, 1.82) is 0 Å². The van der Waals surface area contributed by atoms with Crippen LogP contribution in [0.4, 0.5) is 0 Å². The van der Waals surface area contributed by atoms with Crippen LogP contribution in [0.25, 0.3) is 0 Å². The van der Waals surface area contributed by atoms with Gasteiger partial charge in [-0.25, -0.2) is 0 Å². The summed E-state index contributed by atoms with van der Waals surface area (Å²) in [5.41, 5.74) is 2.76. The second-order valence-corrected chi connectivity index (χ2v) is 4.23. The van der Waals surface area contributed by atoms with Gasteiger partial charge in [0.1, 0.15) is 0 Å². The van der Waals surface area contributed by atoms with Crippen LogP contribution >= 0.6 is 0 Å². The van der Waals surface area contributed by atoms with Gasteiger partial charge < -0.3 is 10.1 Å². The Morgan fingerprint density at radius 1 is 1.24 bits per heavy atom. The molecule has 0 radical (unpaired) electrons. The van der Waals surface area contributed by atoms with Crippen molar-refractivity contribution in [2.24, 2.45) is 0 Å². The zero-order valence-electron chi connectivity index (χ0n) is 11.2. The van der Waals surface area contributed by atoms with Crippen molar-refractivity contribution in [2.75, 3.05) is 33.9 Å². The van der Waals surface area contributed by atoms with E-state index in [4.69, 9.17) is 4.74 Å². The molecule has 1 rings (SSSR count). The third kappa shape index (κ3) is 5.31. The molecule has 0 aliphatic rings. The SMILES string of the molecule is CCOCCN(C)Cc1ccccc1CNC. The van der Waals surface area contributed by atoms with E-state index in [1.807, 2.05) is 14.0 Å². The van der Waals surface area contributed by atoms with Gasteiger partial charge in [-0.1, -0.05) is 24.3 Å². The van der Waals surface area contributed by atoms with Crippen LogP contribution in [0.15, 0.2) is 24.3 Å². The molecule has 0 fully saturated rings. The van der Waals surface area contributed by atoms with Gasteiger partial charge in [0.15, 0.2) is 0 Å². The molecule has 0 aromatic heterocycles. The van der Waals surface area contributed by atoms with E-state index >= 15 is 0 Å². The summed E-state index contributed by atoms with van der Waals surface area (Å²) in [7, 11) is 4.12. The minimum Gasteiger partial charge on any atom is -0.380 e. The molecule has 3 heteroatoms. The van der Waals surface area contributed by atoms with Crippen LogP contribution in [-0.4, -0.2) is 38.8 Å². The van der Waals surface area contributed by atoms with Crippen LogP contribution < -0.4 is 5.32 Å². The Morgan fingerprint density at radius 2 is 1.94 bits per heavy atom. The maximum atomic E-state index is 5.37. The van der Waals surface area contributed by atoms with Crippen molar-refractivity contribution in [3.05, 3.63) is 35.4 Å². The molecule has 1 aromatic rings. The van der Waals surface area contributed by atoms with Crippen LogP contribution in [0.2, 0.25) is 0 Å². The molecular weight excluding hydrogens is 212 g/mol. The van der Waals surface area contributed by atoms with Gasteiger partial charge >= 0.3 is 0 Å². The predicted octanol–water partition coefficient (Wildman–Crippen LogP) is 1.87. The predicted molar refractivity (Wildman–Crippen MR) is 72.0 cm³/mol.